The normalized spacial score (nSPS) is 11.4. The zero-order valence-electron chi connectivity index (χ0n) is 15.3. The van der Waals surface area contributed by atoms with E-state index < -0.39 is 17.9 Å². The molecule has 0 aromatic carbocycles. The van der Waals surface area contributed by atoms with E-state index in [0.29, 0.717) is 39.1 Å². The third-order valence-corrected chi connectivity index (χ3v) is 3.93. The van der Waals surface area contributed by atoms with E-state index in [1.165, 1.54) is 0 Å². The van der Waals surface area contributed by atoms with Crippen LogP contribution in [0.5, 0.6) is 0 Å². The quantitative estimate of drug-likeness (QED) is 0.304. The highest BCUT2D eigenvalue weighted by atomic mass is 16.5. The van der Waals surface area contributed by atoms with Crippen LogP contribution < -0.4 is 0 Å². The van der Waals surface area contributed by atoms with Gasteiger partial charge in [0.25, 0.3) is 0 Å². The van der Waals surface area contributed by atoms with Gasteiger partial charge in [-0.3, -0.25) is 14.4 Å². The molecule has 26 heavy (non-hydrogen) atoms. The maximum Gasteiger partial charge on any atom is 0.305 e. The van der Waals surface area contributed by atoms with Gasteiger partial charge in [-0.15, -0.1) is 0 Å². The number of rotatable bonds is 18. The molecule has 0 radical (unpaired) electrons. The maximum absolute atomic E-state index is 10.5. The fraction of sp³-hybridized carbons (Fsp3) is 0.824. The van der Waals surface area contributed by atoms with Crippen LogP contribution in [0.25, 0.3) is 0 Å². The number of carboxylic acid groups (broad SMARTS) is 3. The molecular formula is C17H30O9. The second-order valence-electron chi connectivity index (χ2n) is 6.33. The number of carboxylic acids is 3. The Morgan fingerprint density at radius 2 is 0.885 bits per heavy atom. The van der Waals surface area contributed by atoms with Crippen molar-refractivity contribution in [2.24, 2.45) is 5.41 Å². The van der Waals surface area contributed by atoms with Crippen molar-refractivity contribution in [2.75, 3.05) is 39.6 Å². The van der Waals surface area contributed by atoms with Gasteiger partial charge in [-0.2, -0.15) is 0 Å². The standard InChI is InChI=1S/C17H30O9/c1-17(5-11-24-8-2-14(18)19,6-12-25-9-3-15(20)21)7-13-26-10-4-16(22)23/h2-13H2,1H3,(H,18,19)(H,20,21)(H,22,23). The van der Waals surface area contributed by atoms with Crippen molar-refractivity contribution in [1.29, 1.82) is 0 Å². The van der Waals surface area contributed by atoms with Crippen molar-refractivity contribution < 1.29 is 43.9 Å². The average Bonchev–Trinajstić information content (AvgIpc) is 2.53. The summed E-state index contributed by atoms with van der Waals surface area (Å²) < 4.78 is 16.0. The van der Waals surface area contributed by atoms with Gasteiger partial charge in [0, 0.05) is 19.8 Å². The molecule has 0 aromatic rings. The molecule has 0 unspecified atom stereocenters. The molecule has 3 N–H and O–H groups in total. The molecule has 0 fully saturated rings. The van der Waals surface area contributed by atoms with Gasteiger partial charge in [0.15, 0.2) is 0 Å². The third-order valence-electron chi connectivity index (χ3n) is 3.93. The highest BCUT2D eigenvalue weighted by Crippen LogP contribution is 2.30. The van der Waals surface area contributed by atoms with Crippen LogP contribution in [0, 0.1) is 5.41 Å². The summed E-state index contributed by atoms with van der Waals surface area (Å²) >= 11 is 0. The van der Waals surface area contributed by atoms with Crippen molar-refractivity contribution in [3.05, 3.63) is 0 Å². The van der Waals surface area contributed by atoms with Crippen molar-refractivity contribution in [3.63, 3.8) is 0 Å². The van der Waals surface area contributed by atoms with Crippen molar-refractivity contribution in [3.8, 4) is 0 Å². The Kier molecular flexibility index (Phi) is 13.5. The molecule has 0 aliphatic carbocycles. The van der Waals surface area contributed by atoms with E-state index in [-0.39, 0.29) is 44.5 Å². The minimum absolute atomic E-state index is 0.0483. The number of aliphatic carboxylic acids is 3. The highest BCUT2D eigenvalue weighted by molar-refractivity contribution is 5.67. The molecule has 0 bridgehead atoms. The van der Waals surface area contributed by atoms with Crippen molar-refractivity contribution in [1.82, 2.24) is 0 Å². The molecule has 0 atom stereocenters. The predicted molar refractivity (Wildman–Crippen MR) is 91.2 cm³/mol. The van der Waals surface area contributed by atoms with E-state index in [0.717, 1.165) is 0 Å². The fourth-order valence-electron chi connectivity index (χ4n) is 2.12. The van der Waals surface area contributed by atoms with Crippen molar-refractivity contribution in [2.45, 2.75) is 45.4 Å². The second-order valence-corrected chi connectivity index (χ2v) is 6.33. The van der Waals surface area contributed by atoms with E-state index >= 15 is 0 Å². The summed E-state index contributed by atoms with van der Waals surface area (Å²) in [4.78, 5) is 31.4. The molecule has 0 aliphatic heterocycles. The minimum atomic E-state index is -0.911. The summed E-state index contributed by atoms with van der Waals surface area (Å²) in [5, 5.41) is 25.8. The minimum Gasteiger partial charge on any atom is -0.481 e. The van der Waals surface area contributed by atoms with E-state index in [4.69, 9.17) is 29.5 Å². The Hall–Kier alpha value is -1.71. The summed E-state index contributed by atoms with van der Waals surface area (Å²) in [6.07, 6.45) is 1.85. The fourth-order valence-corrected chi connectivity index (χ4v) is 2.12. The molecule has 152 valence electrons. The van der Waals surface area contributed by atoms with Gasteiger partial charge in [0.1, 0.15) is 0 Å². The van der Waals surface area contributed by atoms with E-state index in [9.17, 15) is 14.4 Å². The summed E-state index contributed by atoms with van der Waals surface area (Å²) in [6, 6.07) is 0. The van der Waals surface area contributed by atoms with Crippen LogP contribution in [0.1, 0.15) is 45.4 Å². The lowest BCUT2D eigenvalue weighted by atomic mass is 9.81. The molecule has 0 saturated carbocycles. The molecule has 0 aliphatic rings. The van der Waals surface area contributed by atoms with Gasteiger partial charge in [-0.05, 0) is 24.7 Å². The Labute approximate surface area is 153 Å². The molecule has 9 nitrogen and oxygen atoms in total. The van der Waals surface area contributed by atoms with Crippen LogP contribution in [-0.4, -0.2) is 72.9 Å². The number of hydrogen-bond acceptors (Lipinski definition) is 6. The SMILES string of the molecule is CC(CCOCCC(=O)O)(CCOCCC(=O)O)CCOCCC(=O)O. The van der Waals surface area contributed by atoms with Crippen molar-refractivity contribution >= 4 is 17.9 Å². The second kappa shape index (κ2) is 14.5. The maximum atomic E-state index is 10.5. The lowest BCUT2D eigenvalue weighted by Crippen LogP contribution is -2.24. The van der Waals surface area contributed by atoms with Crippen LogP contribution in [0.15, 0.2) is 0 Å². The van der Waals surface area contributed by atoms with E-state index in [2.05, 4.69) is 0 Å². The first-order valence-electron chi connectivity index (χ1n) is 8.64. The molecule has 9 heteroatoms. The van der Waals surface area contributed by atoms with Gasteiger partial charge >= 0.3 is 17.9 Å². The highest BCUT2D eigenvalue weighted by Gasteiger charge is 2.24. The Balaban J connectivity index is 4.19. The first kappa shape index (κ1) is 24.3. The van der Waals surface area contributed by atoms with Crippen LogP contribution in [-0.2, 0) is 28.6 Å². The molecular weight excluding hydrogens is 348 g/mol. The Morgan fingerprint density at radius 1 is 0.615 bits per heavy atom. The zero-order valence-corrected chi connectivity index (χ0v) is 15.3. The molecule has 0 aromatic heterocycles. The summed E-state index contributed by atoms with van der Waals surface area (Å²) in [6.45, 7) is 3.66. The first-order chi connectivity index (χ1) is 12.2. The van der Waals surface area contributed by atoms with E-state index in [1.54, 1.807) is 0 Å². The number of carbonyl (C=O) groups is 3. The van der Waals surface area contributed by atoms with Gasteiger partial charge < -0.3 is 29.5 Å². The summed E-state index contributed by atoms with van der Waals surface area (Å²) in [5.74, 6) is -2.73. The van der Waals surface area contributed by atoms with E-state index in [1.807, 2.05) is 6.92 Å². The number of ether oxygens (including phenoxy) is 3. The number of hydrogen-bond donors (Lipinski definition) is 3. The monoisotopic (exact) mass is 378 g/mol. The molecule has 0 saturated heterocycles. The molecule has 0 rings (SSSR count). The summed E-state index contributed by atoms with van der Waals surface area (Å²) in [5.41, 5.74) is -0.199. The van der Waals surface area contributed by atoms with Crippen LogP contribution >= 0.6 is 0 Å². The smallest absolute Gasteiger partial charge is 0.305 e. The summed E-state index contributed by atoms with van der Waals surface area (Å²) in [7, 11) is 0. The topological polar surface area (TPSA) is 140 Å². The third kappa shape index (κ3) is 15.8. The molecule has 0 spiro atoms. The molecule has 0 amide bonds. The van der Waals surface area contributed by atoms with Gasteiger partial charge in [0.2, 0.25) is 0 Å². The van der Waals surface area contributed by atoms with Gasteiger partial charge in [0.05, 0.1) is 39.1 Å². The van der Waals surface area contributed by atoms with Gasteiger partial charge in [-0.25, -0.2) is 0 Å². The lowest BCUT2D eigenvalue weighted by Gasteiger charge is -2.29. The molecule has 0 heterocycles. The Bertz CT molecular complexity index is 363. The Morgan fingerprint density at radius 3 is 1.12 bits per heavy atom. The predicted octanol–water partition coefficient (Wildman–Crippen LogP) is 1.64. The lowest BCUT2D eigenvalue weighted by molar-refractivity contribution is -0.139. The zero-order chi connectivity index (χ0) is 19.8. The average molecular weight is 378 g/mol. The van der Waals surface area contributed by atoms with Gasteiger partial charge in [-0.1, -0.05) is 6.92 Å². The van der Waals surface area contributed by atoms with Crippen LogP contribution in [0.3, 0.4) is 0 Å². The first-order valence-corrected chi connectivity index (χ1v) is 8.64. The largest absolute Gasteiger partial charge is 0.481 e. The van der Waals surface area contributed by atoms with Crippen LogP contribution in [0.4, 0.5) is 0 Å². The van der Waals surface area contributed by atoms with Crippen LogP contribution in [0.2, 0.25) is 0 Å².